The summed E-state index contributed by atoms with van der Waals surface area (Å²) < 4.78 is 5.93. The van der Waals surface area contributed by atoms with Gasteiger partial charge in [-0.3, -0.25) is 9.59 Å². The van der Waals surface area contributed by atoms with E-state index >= 15 is 0 Å². The summed E-state index contributed by atoms with van der Waals surface area (Å²) in [7, 11) is 0. The van der Waals surface area contributed by atoms with Gasteiger partial charge < -0.3 is 15.0 Å². The molecular weight excluding hydrogens is 507 g/mol. The highest BCUT2D eigenvalue weighted by Crippen LogP contribution is 2.25. The number of benzene rings is 3. The monoisotopic (exact) mass is 540 g/mol. The Balaban J connectivity index is 1.94. The number of ether oxygens (including phenoxy) is 1. The molecule has 0 radical (unpaired) electrons. The van der Waals surface area contributed by atoms with E-state index in [1.165, 1.54) is 0 Å². The first-order chi connectivity index (χ1) is 17.7. The zero-order valence-electron chi connectivity index (χ0n) is 21.8. The highest BCUT2D eigenvalue weighted by molar-refractivity contribution is 6.42. The maximum absolute atomic E-state index is 13.7. The highest BCUT2D eigenvalue weighted by Gasteiger charge is 2.31. The fourth-order valence-electron chi connectivity index (χ4n) is 4.01. The van der Waals surface area contributed by atoms with Crippen molar-refractivity contribution in [2.45, 2.75) is 59.2 Å². The molecule has 5 nitrogen and oxygen atoms in total. The molecule has 0 saturated heterocycles. The van der Waals surface area contributed by atoms with E-state index in [-0.39, 0.29) is 31.0 Å². The Morgan fingerprint density at radius 1 is 0.946 bits per heavy atom. The summed E-state index contributed by atoms with van der Waals surface area (Å²) in [6.45, 7) is 7.88. The number of carbonyl (C=O) groups excluding carboxylic acids is 2. The first kappa shape index (κ1) is 28.5. The predicted molar refractivity (Wildman–Crippen MR) is 150 cm³/mol. The first-order valence-electron chi connectivity index (χ1n) is 12.5. The third kappa shape index (κ3) is 8.24. The van der Waals surface area contributed by atoms with E-state index in [2.05, 4.69) is 5.32 Å². The number of rotatable bonds is 11. The summed E-state index contributed by atoms with van der Waals surface area (Å²) in [6.07, 6.45) is 1.14. The Morgan fingerprint density at radius 3 is 2.32 bits per heavy atom. The van der Waals surface area contributed by atoms with Gasteiger partial charge in [-0.1, -0.05) is 84.2 Å². The second-order valence-electron chi connectivity index (χ2n) is 9.35. The zero-order chi connectivity index (χ0) is 26.9. The lowest BCUT2D eigenvalue weighted by Crippen LogP contribution is -2.53. The van der Waals surface area contributed by atoms with Crippen molar-refractivity contribution in [3.8, 4) is 5.75 Å². The summed E-state index contributed by atoms with van der Waals surface area (Å²) in [5, 5.41) is 3.88. The second kappa shape index (κ2) is 13.5. The van der Waals surface area contributed by atoms with Crippen molar-refractivity contribution in [3.63, 3.8) is 0 Å². The Bertz CT molecular complexity index is 1220. The zero-order valence-corrected chi connectivity index (χ0v) is 23.3. The van der Waals surface area contributed by atoms with Crippen molar-refractivity contribution >= 4 is 35.0 Å². The minimum absolute atomic E-state index is 0.0286. The van der Waals surface area contributed by atoms with Gasteiger partial charge in [-0.05, 0) is 62.1 Å². The van der Waals surface area contributed by atoms with Gasteiger partial charge in [-0.2, -0.15) is 0 Å². The van der Waals surface area contributed by atoms with Gasteiger partial charge >= 0.3 is 0 Å². The van der Waals surface area contributed by atoms with Gasteiger partial charge in [0.25, 0.3) is 5.91 Å². The number of hydrogen-bond acceptors (Lipinski definition) is 3. The van der Waals surface area contributed by atoms with Crippen LogP contribution < -0.4 is 10.1 Å². The average Bonchev–Trinajstić information content (AvgIpc) is 2.88. The van der Waals surface area contributed by atoms with Crippen molar-refractivity contribution < 1.29 is 14.3 Å². The molecule has 0 aliphatic carbocycles. The topological polar surface area (TPSA) is 58.6 Å². The number of halogens is 2. The van der Waals surface area contributed by atoms with Crippen LogP contribution in [0.4, 0.5) is 0 Å². The molecular formula is C30H34Cl2N2O3. The lowest BCUT2D eigenvalue weighted by atomic mass is 10.0. The van der Waals surface area contributed by atoms with E-state index in [9.17, 15) is 9.59 Å². The summed E-state index contributed by atoms with van der Waals surface area (Å²) in [6, 6.07) is 19.9. The number of amides is 2. The van der Waals surface area contributed by atoms with Crippen LogP contribution >= 0.6 is 23.2 Å². The Hall–Kier alpha value is -3.02. The summed E-state index contributed by atoms with van der Waals surface area (Å²) in [5.41, 5.74) is 3.78. The van der Waals surface area contributed by atoms with Crippen LogP contribution in [0.1, 0.15) is 42.5 Å². The fourth-order valence-corrected chi connectivity index (χ4v) is 4.33. The van der Waals surface area contributed by atoms with Gasteiger partial charge in [-0.15, -0.1) is 0 Å². The van der Waals surface area contributed by atoms with Gasteiger partial charge in [0, 0.05) is 19.0 Å². The van der Waals surface area contributed by atoms with Gasteiger partial charge in [0.2, 0.25) is 5.91 Å². The summed E-state index contributed by atoms with van der Waals surface area (Å²) in [4.78, 5) is 28.8. The van der Waals surface area contributed by atoms with E-state index in [0.29, 0.717) is 22.2 Å². The number of hydrogen-bond donors (Lipinski definition) is 1. The molecule has 0 spiro atoms. The third-order valence-electron chi connectivity index (χ3n) is 6.29. The molecule has 0 bridgehead atoms. The number of nitrogens with zero attached hydrogens (tertiary/aromatic N) is 1. The standard InChI is InChI=1S/C30H34Cl2N2O3/c1-5-22(4)33-30(36)27(17-23-9-7-6-8-10-23)34(18-24-12-13-25(31)26(32)16-24)29(35)19-37-28-14-11-20(2)15-21(28)3/h6-16,22,27H,5,17-19H2,1-4H3,(H,33,36)/t22-,27+/m1/s1. The maximum Gasteiger partial charge on any atom is 0.261 e. The molecule has 0 aliphatic heterocycles. The SMILES string of the molecule is CC[C@@H](C)NC(=O)[C@H](Cc1ccccc1)N(Cc1ccc(Cl)c(Cl)c1)C(=O)COc1ccc(C)cc1C. The Labute approximate surface area is 229 Å². The molecule has 2 atom stereocenters. The van der Waals surface area contributed by atoms with E-state index < -0.39 is 6.04 Å². The molecule has 0 aliphatic rings. The summed E-state index contributed by atoms with van der Waals surface area (Å²) in [5.74, 6) is 0.126. The molecule has 7 heteroatoms. The van der Waals surface area contributed by atoms with Crippen LogP contribution in [-0.4, -0.2) is 35.4 Å². The Morgan fingerprint density at radius 2 is 1.68 bits per heavy atom. The third-order valence-corrected chi connectivity index (χ3v) is 7.03. The van der Waals surface area contributed by atoms with E-state index in [1.54, 1.807) is 17.0 Å². The van der Waals surface area contributed by atoms with Crippen molar-refractivity contribution in [1.82, 2.24) is 10.2 Å². The smallest absolute Gasteiger partial charge is 0.261 e. The molecule has 0 heterocycles. The molecule has 3 aromatic carbocycles. The maximum atomic E-state index is 13.7. The molecule has 2 amide bonds. The van der Waals surface area contributed by atoms with Crippen molar-refractivity contribution in [2.24, 2.45) is 0 Å². The van der Waals surface area contributed by atoms with E-state index in [4.69, 9.17) is 27.9 Å². The highest BCUT2D eigenvalue weighted by atomic mass is 35.5. The Kier molecular flexibility index (Phi) is 10.4. The molecule has 37 heavy (non-hydrogen) atoms. The molecule has 1 N–H and O–H groups in total. The van der Waals surface area contributed by atoms with Gasteiger partial charge in [0.15, 0.2) is 6.61 Å². The molecule has 3 aromatic rings. The molecule has 0 aromatic heterocycles. The van der Waals surface area contributed by atoms with Gasteiger partial charge in [0.05, 0.1) is 10.0 Å². The average molecular weight is 542 g/mol. The fraction of sp³-hybridized carbons (Fsp3) is 0.333. The molecule has 196 valence electrons. The van der Waals surface area contributed by atoms with Crippen LogP contribution in [0.5, 0.6) is 5.75 Å². The van der Waals surface area contributed by atoms with Crippen LogP contribution in [0.15, 0.2) is 66.7 Å². The molecule has 0 saturated carbocycles. The lowest BCUT2D eigenvalue weighted by molar-refractivity contribution is -0.143. The van der Waals surface area contributed by atoms with Crippen molar-refractivity contribution in [2.75, 3.05) is 6.61 Å². The first-order valence-corrected chi connectivity index (χ1v) is 13.2. The molecule has 0 fully saturated rings. The second-order valence-corrected chi connectivity index (χ2v) is 10.2. The largest absolute Gasteiger partial charge is 0.483 e. The van der Waals surface area contributed by atoms with Crippen LogP contribution in [0.25, 0.3) is 0 Å². The molecule has 3 rings (SSSR count). The molecule has 0 unspecified atom stereocenters. The number of carbonyl (C=O) groups is 2. The number of aryl methyl sites for hydroxylation is 2. The van der Waals surface area contributed by atoms with Gasteiger partial charge in [0.1, 0.15) is 11.8 Å². The lowest BCUT2D eigenvalue weighted by Gasteiger charge is -2.32. The van der Waals surface area contributed by atoms with Crippen LogP contribution in [0, 0.1) is 13.8 Å². The van der Waals surface area contributed by atoms with Gasteiger partial charge in [-0.25, -0.2) is 0 Å². The van der Waals surface area contributed by atoms with Crippen molar-refractivity contribution in [3.05, 3.63) is 99.0 Å². The quantitative estimate of drug-likeness (QED) is 0.300. The summed E-state index contributed by atoms with van der Waals surface area (Å²) >= 11 is 12.4. The van der Waals surface area contributed by atoms with E-state index in [0.717, 1.165) is 28.7 Å². The normalized spacial score (nSPS) is 12.5. The predicted octanol–water partition coefficient (Wildman–Crippen LogP) is 6.54. The van der Waals surface area contributed by atoms with Crippen LogP contribution in [0.2, 0.25) is 10.0 Å². The van der Waals surface area contributed by atoms with Crippen LogP contribution in [-0.2, 0) is 22.6 Å². The minimum Gasteiger partial charge on any atom is -0.483 e. The van der Waals surface area contributed by atoms with E-state index in [1.807, 2.05) is 82.3 Å². The van der Waals surface area contributed by atoms with Crippen molar-refractivity contribution in [1.29, 1.82) is 0 Å². The van der Waals surface area contributed by atoms with Crippen LogP contribution in [0.3, 0.4) is 0 Å². The number of nitrogens with one attached hydrogen (secondary N) is 1. The minimum atomic E-state index is -0.749.